The zero-order valence-corrected chi connectivity index (χ0v) is 14.3. The quantitative estimate of drug-likeness (QED) is 0.567. The van der Waals surface area contributed by atoms with E-state index in [1.807, 2.05) is 0 Å². The zero-order valence-electron chi connectivity index (χ0n) is 14.3. The van der Waals surface area contributed by atoms with E-state index in [0.717, 1.165) is 47.3 Å². The summed E-state index contributed by atoms with van der Waals surface area (Å²) in [4.78, 5) is 0. The second-order valence-electron chi connectivity index (χ2n) is 9.06. The van der Waals surface area contributed by atoms with Gasteiger partial charge in [-0.15, -0.1) is 0 Å². The first kappa shape index (κ1) is 14.9. The Kier molecular flexibility index (Phi) is 4.48. The van der Waals surface area contributed by atoms with Crippen LogP contribution in [0.15, 0.2) is 0 Å². The Balaban J connectivity index is 1.63. The molecule has 0 bridgehead atoms. The molecule has 3 aliphatic rings. The number of rotatable bonds is 2. The van der Waals surface area contributed by atoms with Crippen LogP contribution in [0.2, 0.25) is 0 Å². The summed E-state index contributed by atoms with van der Waals surface area (Å²) in [6.45, 7) is 9.80. The first-order chi connectivity index (χ1) is 9.56. The molecule has 0 N–H and O–H groups in total. The monoisotopic (exact) mass is 276 g/mol. The van der Waals surface area contributed by atoms with Gasteiger partial charge in [0.1, 0.15) is 0 Å². The maximum absolute atomic E-state index is 2.45. The molecule has 0 aromatic heterocycles. The Morgan fingerprint density at radius 2 is 0.950 bits per heavy atom. The van der Waals surface area contributed by atoms with Crippen molar-refractivity contribution >= 4 is 0 Å². The number of hydrogen-bond donors (Lipinski definition) is 0. The van der Waals surface area contributed by atoms with E-state index in [9.17, 15) is 0 Å². The highest BCUT2D eigenvalue weighted by molar-refractivity contribution is 4.95. The van der Waals surface area contributed by atoms with Gasteiger partial charge in [0.15, 0.2) is 0 Å². The highest BCUT2D eigenvalue weighted by atomic mass is 14.5. The molecule has 0 spiro atoms. The van der Waals surface area contributed by atoms with Gasteiger partial charge in [-0.05, 0) is 98.7 Å². The zero-order chi connectivity index (χ0) is 14.3. The van der Waals surface area contributed by atoms with Crippen LogP contribution in [0.25, 0.3) is 0 Å². The summed E-state index contributed by atoms with van der Waals surface area (Å²) in [6, 6.07) is 0. The van der Waals surface area contributed by atoms with Crippen LogP contribution in [0.1, 0.15) is 79.1 Å². The molecule has 0 heterocycles. The minimum Gasteiger partial charge on any atom is -0.0625 e. The fourth-order valence-corrected chi connectivity index (χ4v) is 6.08. The number of fused-ring (bicyclic) bond motifs is 3. The van der Waals surface area contributed by atoms with Crippen LogP contribution < -0.4 is 0 Å². The molecule has 3 fully saturated rings. The van der Waals surface area contributed by atoms with Gasteiger partial charge >= 0.3 is 0 Å². The molecule has 3 aliphatic carbocycles. The summed E-state index contributed by atoms with van der Waals surface area (Å²) < 4.78 is 0. The summed E-state index contributed by atoms with van der Waals surface area (Å²) in [5.74, 6) is 8.38. The summed E-state index contributed by atoms with van der Waals surface area (Å²) >= 11 is 0. The van der Waals surface area contributed by atoms with Crippen LogP contribution in [-0.2, 0) is 0 Å². The van der Waals surface area contributed by atoms with Crippen LogP contribution in [0.4, 0.5) is 0 Å². The van der Waals surface area contributed by atoms with Crippen molar-refractivity contribution in [3.05, 3.63) is 0 Å². The molecule has 3 saturated carbocycles. The molecule has 0 nitrogen and oxygen atoms in total. The van der Waals surface area contributed by atoms with Gasteiger partial charge < -0.3 is 0 Å². The smallest absolute Gasteiger partial charge is 0.0355 e. The highest BCUT2D eigenvalue weighted by Crippen LogP contribution is 2.54. The normalized spacial score (nSPS) is 45.3. The molecule has 6 atom stereocenters. The Morgan fingerprint density at radius 3 is 1.30 bits per heavy atom. The van der Waals surface area contributed by atoms with Crippen molar-refractivity contribution in [1.82, 2.24) is 0 Å². The van der Waals surface area contributed by atoms with Crippen LogP contribution in [0.3, 0.4) is 0 Å². The lowest BCUT2D eigenvalue weighted by atomic mass is 9.54. The van der Waals surface area contributed by atoms with Gasteiger partial charge in [-0.1, -0.05) is 27.7 Å². The van der Waals surface area contributed by atoms with Crippen molar-refractivity contribution in [1.29, 1.82) is 0 Å². The third-order valence-corrected chi connectivity index (χ3v) is 7.51. The van der Waals surface area contributed by atoms with E-state index in [4.69, 9.17) is 0 Å². The summed E-state index contributed by atoms with van der Waals surface area (Å²) in [5, 5.41) is 0. The van der Waals surface area contributed by atoms with Gasteiger partial charge in [-0.3, -0.25) is 0 Å². The van der Waals surface area contributed by atoms with Crippen molar-refractivity contribution < 1.29 is 0 Å². The van der Waals surface area contributed by atoms with E-state index in [1.165, 1.54) is 12.8 Å². The van der Waals surface area contributed by atoms with Crippen molar-refractivity contribution in [3.8, 4) is 0 Å². The van der Waals surface area contributed by atoms with E-state index < -0.39 is 0 Å². The Labute approximate surface area is 127 Å². The topological polar surface area (TPSA) is 0 Å². The summed E-state index contributed by atoms with van der Waals surface area (Å²) in [6.07, 6.45) is 12.5. The van der Waals surface area contributed by atoms with Crippen molar-refractivity contribution in [2.75, 3.05) is 0 Å². The third kappa shape index (κ3) is 2.81. The fraction of sp³-hybridized carbons (Fsp3) is 1.00. The van der Waals surface area contributed by atoms with Gasteiger partial charge in [0.2, 0.25) is 0 Å². The standard InChI is InChI=1S/C20H36/c1-13(2)15-7-9-19-17(11-15)5-6-18-12-16(14(3)4)8-10-20(18)19/h13-20H,5-12H2,1-4H3. The largest absolute Gasteiger partial charge is 0.0625 e. The SMILES string of the molecule is CC(C)C1CCC2C(CCC3CC(C(C)C)CCC32)C1. The maximum atomic E-state index is 2.45. The Hall–Kier alpha value is 0. The molecule has 0 amide bonds. The van der Waals surface area contributed by atoms with Crippen LogP contribution in [-0.4, -0.2) is 0 Å². The summed E-state index contributed by atoms with van der Waals surface area (Å²) in [5.41, 5.74) is 0. The van der Waals surface area contributed by atoms with E-state index in [1.54, 1.807) is 38.5 Å². The minimum absolute atomic E-state index is 0.922. The van der Waals surface area contributed by atoms with Gasteiger partial charge in [-0.25, -0.2) is 0 Å². The van der Waals surface area contributed by atoms with E-state index in [0.29, 0.717) is 0 Å². The van der Waals surface area contributed by atoms with Crippen molar-refractivity contribution in [2.45, 2.75) is 79.1 Å². The number of hydrogen-bond acceptors (Lipinski definition) is 0. The molecule has 0 aromatic carbocycles. The van der Waals surface area contributed by atoms with Crippen LogP contribution >= 0.6 is 0 Å². The molecular formula is C20H36. The van der Waals surface area contributed by atoms with E-state index in [-0.39, 0.29) is 0 Å². The molecule has 0 saturated heterocycles. The molecule has 0 heteroatoms. The third-order valence-electron chi connectivity index (χ3n) is 7.51. The highest BCUT2D eigenvalue weighted by Gasteiger charge is 2.44. The molecule has 20 heavy (non-hydrogen) atoms. The van der Waals surface area contributed by atoms with Gasteiger partial charge in [0, 0.05) is 0 Å². The lowest BCUT2D eigenvalue weighted by Crippen LogP contribution is -2.42. The first-order valence-electron chi connectivity index (χ1n) is 9.56. The Morgan fingerprint density at radius 1 is 0.550 bits per heavy atom. The first-order valence-corrected chi connectivity index (χ1v) is 9.56. The van der Waals surface area contributed by atoms with Crippen molar-refractivity contribution in [3.63, 3.8) is 0 Å². The van der Waals surface area contributed by atoms with Gasteiger partial charge in [0.05, 0.1) is 0 Å². The molecule has 0 radical (unpaired) electrons. The van der Waals surface area contributed by atoms with Gasteiger partial charge in [-0.2, -0.15) is 0 Å². The molecule has 0 aromatic rings. The predicted molar refractivity (Wildman–Crippen MR) is 87.6 cm³/mol. The van der Waals surface area contributed by atoms with Crippen molar-refractivity contribution in [2.24, 2.45) is 47.3 Å². The molecule has 116 valence electrons. The fourth-order valence-electron chi connectivity index (χ4n) is 6.08. The molecule has 3 rings (SSSR count). The van der Waals surface area contributed by atoms with E-state index in [2.05, 4.69) is 27.7 Å². The summed E-state index contributed by atoms with van der Waals surface area (Å²) in [7, 11) is 0. The maximum Gasteiger partial charge on any atom is -0.0355 e. The lowest BCUT2D eigenvalue weighted by Gasteiger charge is -2.51. The average molecular weight is 277 g/mol. The second-order valence-corrected chi connectivity index (χ2v) is 9.06. The van der Waals surface area contributed by atoms with E-state index >= 15 is 0 Å². The molecular weight excluding hydrogens is 240 g/mol. The molecule has 6 unspecified atom stereocenters. The minimum atomic E-state index is 0.922. The average Bonchev–Trinajstić information content (AvgIpc) is 2.45. The lowest BCUT2D eigenvalue weighted by molar-refractivity contribution is -0.0138. The molecule has 0 aliphatic heterocycles. The predicted octanol–water partition coefficient (Wildman–Crippen LogP) is 6.16. The van der Waals surface area contributed by atoms with Crippen LogP contribution in [0.5, 0.6) is 0 Å². The Bertz CT molecular complexity index is 284. The van der Waals surface area contributed by atoms with Crippen LogP contribution in [0, 0.1) is 47.3 Å². The van der Waals surface area contributed by atoms with Gasteiger partial charge in [0.25, 0.3) is 0 Å². The second kappa shape index (κ2) is 6.01.